The zero-order valence-corrected chi connectivity index (χ0v) is 14.0. The van der Waals surface area contributed by atoms with Gasteiger partial charge in [-0.1, -0.05) is 30.3 Å². The predicted octanol–water partition coefficient (Wildman–Crippen LogP) is 2.09. The Kier molecular flexibility index (Phi) is 6.37. The van der Waals surface area contributed by atoms with Crippen LogP contribution in [0.1, 0.15) is 21.5 Å². The minimum atomic E-state index is -0.240. The van der Waals surface area contributed by atoms with Crippen LogP contribution in [-0.2, 0) is 11.2 Å². The number of hydrogen-bond donors (Lipinski definition) is 2. The maximum Gasteiger partial charge on any atom is 0.251 e. The molecule has 0 saturated carbocycles. The molecule has 24 heavy (non-hydrogen) atoms. The lowest BCUT2D eigenvalue weighted by Crippen LogP contribution is -2.37. The number of nitrogens with one attached hydrogen (secondary N) is 2. The number of hydrogen-bond acceptors (Lipinski definition) is 3. The minimum absolute atomic E-state index is 0.0364. The van der Waals surface area contributed by atoms with Crippen molar-refractivity contribution in [2.45, 2.75) is 13.3 Å². The van der Waals surface area contributed by atoms with Crippen molar-refractivity contribution in [3.05, 3.63) is 65.2 Å². The van der Waals surface area contributed by atoms with E-state index < -0.39 is 0 Å². The van der Waals surface area contributed by atoms with Gasteiger partial charge in [-0.2, -0.15) is 0 Å². The molecule has 0 aliphatic heterocycles. The Morgan fingerprint density at radius 3 is 2.58 bits per heavy atom. The van der Waals surface area contributed by atoms with Crippen LogP contribution >= 0.6 is 0 Å². The maximum absolute atomic E-state index is 12.0. The lowest BCUT2D eigenvalue weighted by Gasteiger charge is -2.09. The highest BCUT2D eigenvalue weighted by molar-refractivity contribution is 5.97. The molecule has 2 aromatic carbocycles. The normalized spacial score (nSPS) is 10.1. The van der Waals surface area contributed by atoms with E-state index in [0.717, 1.165) is 16.9 Å². The molecule has 0 radical (unpaired) electrons. The molecule has 2 aromatic rings. The summed E-state index contributed by atoms with van der Waals surface area (Å²) in [7, 11) is 1.62. The minimum Gasteiger partial charge on any atom is -0.497 e. The van der Waals surface area contributed by atoms with Crippen LogP contribution in [0.4, 0.5) is 0 Å². The topological polar surface area (TPSA) is 67.4 Å². The molecule has 0 aliphatic rings. The second-order valence-corrected chi connectivity index (χ2v) is 5.45. The molecule has 0 atom stereocenters. The molecular weight excluding hydrogens is 304 g/mol. The molecule has 0 aromatic heterocycles. The van der Waals surface area contributed by atoms with Gasteiger partial charge in [0.1, 0.15) is 5.75 Å². The summed E-state index contributed by atoms with van der Waals surface area (Å²) in [5.74, 6) is 0.347. The van der Waals surface area contributed by atoms with Gasteiger partial charge in [0.05, 0.1) is 13.7 Å². The lowest BCUT2D eigenvalue weighted by atomic mass is 10.1. The van der Waals surface area contributed by atoms with E-state index in [1.807, 2.05) is 43.3 Å². The van der Waals surface area contributed by atoms with E-state index in [2.05, 4.69) is 10.6 Å². The van der Waals surface area contributed by atoms with E-state index in [9.17, 15) is 9.59 Å². The van der Waals surface area contributed by atoms with Crippen LogP contribution in [0.2, 0.25) is 0 Å². The van der Waals surface area contributed by atoms with Crippen molar-refractivity contribution in [3.8, 4) is 5.75 Å². The molecule has 0 unspecified atom stereocenters. The van der Waals surface area contributed by atoms with Crippen molar-refractivity contribution >= 4 is 11.8 Å². The number of methoxy groups -OCH3 is 1. The highest BCUT2D eigenvalue weighted by Gasteiger charge is 2.09. The number of carbonyl (C=O) groups is 2. The summed E-state index contributed by atoms with van der Waals surface area (Å²) < 4.78 is 5.16. The van der Waals surface area contributed by atoms with Crippen LogP contribution < -0.4 is 15.4 Å². The number of rotatable bonds is 7. The van der Waals surface area contributed by atoms with Crippen LogP contribution in [0.5, 0.6) is 5.75 Å². The fraction of sp³-hybridized carbons (Fsp3) is 0.263. The van der Waals surface area contributed by atoms with E-state index in [1.54, 1.807) is 19.2 Å². The summed E-state index contributed by atoms with van der Waals surface area (Å²) in [6, 6.07) is 15.0. The van der Waals surface area contributed by atoms with Crippen molar-refractivity contribution in [3.63, 3.8) is 0 Å². The number of aryl methyl sites for hydroxylation is 1. The molecule has 5 nitrogen and oxygen atoms in total. The zero-order valence-electron chi connectivity index (χ0n) is 14.0. The zero-order chi connectivity index (χ0) is 17.4. The Balaban J connectivity index is 1.73. The van der Waals surface area contributed by atoms with Gasteiger partial charge in [-0.05, 0) is 42.7 Å². The van der Waals surface area contributed by atoms with Crippen molar-refractivity contribution < 1.29 is 14.3 Å². The Bertz CT molecular complexity index is 713. The molecule has 0 bridgehead atoms. The fourth-order valence-electron chi connectivity index (χ4n) is 2.32. The quantitative estimate of drug-likeness (QED) is 0.819. The summed E-state index contributed by atoms with van der Waals surface area (Å²) in [5.41, 5.74) is 2.55. The van der Waals surface area contributed by atoms with Crippen molar-refractivity contribution in [1.29, 1.82) is 0 Å². The SMILES string of the molecule is COc1cccc(CCNC(=O)CNC(=O)c2ccccc2C)c1. The Morgan fingerprint density at radius 2 is 1.83 bits per heavy atom. The van der Waals surface area contributed by atoms with Crippen LogP contribution in [0, 0.1) is 6.92 Å². The number of carbonyl (C=O) groups excluding carboxylic acids is 2. The summed E-state index contributed by atoms with van der Waals surface area (Å²) in [5, 5.41) is 5.43. The second kappa shape index (κ2) is 8.72. The maximum atomic E-state index is 12.0. The fourth-order valence-corrected chi connectivity index (χ4v) is 2.32. The van der Waals surface area contributed by atoms with Crippen LogP contribution in [0.3, 0.4) is 0 Å². The van der Waals surface area contributed by atoms with Crippen LogP contribution in [0.15, 0.2) is 48.5 Å². The monoisotopic (exact) mass is 326 g/mol. The third-order valence-corrected chi connectivity index (χ3v) is 3.67. The average molecular weight is 326 g/mol. The van der Waals surface area contributed by atoms with E-state index in [1.165, 1.54) is 0 Å². The lowest BCUT2D eigenvalue weighted by molar-refractivity contribution is -0.120. The smallest absolute Gasteiger partial charge is 0.251 e. The van der Waals surface area contributed by atoms with Gasteiger partial charge in [0.25, 0.3) is 5.91 Å². The summed E-state index contributed by atoms with van der Waals surface area (Å²) in [4.78, 5) is 23.9. The molecule has 0 aliphatic carbocycles. The Morgan fingerprint density at radius 1 is 1.04 bits per heavy atom. The molecule has 0 saturated heterocycles. The van der Waals surface area contributed by atoms with E-state index in [4.69, 9.17) is 4.74 Å². The molecule has 0 spiro atoms. The number of amides is 2. The van der Waals surface area contributed by atoms with E-state index in [0.29, 0.717) is 18.5 Å². The van der Waals surface area contributed by atoms with Gasteiger partial charge in [0, 0.05) is 12.1 Å². The summed E-state index contributed by atoms with van der Waals surface area (Å²) in [6.45, 7) is 2.33. The molecule has 2 amide bonds. The average Bonchev–Trinajstić information content (AvgIpc) is 2.60. The first kappa shape index (κ1) is 17.5. The number of benzene rings is 2. The van der Waals surface area contributed by atoms with Crippen molar-refractivity contribution in [2.24, 2.45) is 0 Å². The van der Waals surface area contributed by atoms with Gasteiger partial charge in [0.15, 0.2) is 0 Å². The van der Waals surface area contributed by atoms with Gasteiger partial charge in [-0.15, -0.1) is 0 Å². The molecule has 5 heteroatoms. The Hall–Kier alpha value is -2.82. The Labute approximate surface area is 142 Å². The number of ether oxygens (including phenoxy) is 1. The van der Waals surface area contributed by atoms with Gasteiger partial charge >= 0.3 is 0 Å². The first-order chi connectivity index (χ1) is 11.6. The highest BCUT2D eigenvalue weighted by Crippen LogP contribution is 2.12. The predicted molar refractivity (Wildman–Crippen MR) is 93.2 cm³/mol. The molecule has 0 fully saturated rings. The van der Waals surface area contributed by atoms with E-state index >= 15 is 0 Å². The first-order valence-electron chi connectivity index (χ1n) is 7.83. The van der Waals surface area contributed by atoms with Crippen LogP contribution in [-0.4, -0.2) is 32.0 Å². The molecular formula is C19H22N2O3. The van der Waals surface area contributed by atoms with Crippen molar-refractivity contribution in [2.75, 3.05) is 20.2 Å². The largest absolute Gasteiger partial charge is 0.497 e. The third-order valence-electron chi connectivity index (χ3n) is 3.67. The third kappa shape index (κ3) is 5.12. The van der Waals surface area contributed by atoms with E-state index in [-0.39, 0.29) is 18.4 Å². The standard InChI is InChI=1S/C19H22N2O3/c1-14-6-3-4-9-17(14)19(23)21-13-18(22)20-11-10-15-7-5-8-16(12-15)24-2/h3-9,12H,10-11,13H2,1-2H3,(H,20,22)(H,21,23). The van der Waals surface area contributed by atoms with Gasteiger partial charge in [-0.3, -0.25) is 9.59 Å². The summed E-state index contributed by atoms with van der Waals surface area (Å²) in [6.07, 6.45) is 0.703. The first-order valence-corrected chi connectivity index (χ1v) is 7.83. The molecule has 0 heterocycles. The molecule has 126 valence electrons. The van der Waals surface area contributed by atoms with Gasteiger partial charge in [0.2, 0.25) is 5.91 Å². The highest BCUT2D eigenvalue weighted by atomic mass is 16.5. The molecule has 2 rings (SSSR count). The van der Waals surface area contributed by atoms with Crippen LogP contribution in [0.25, 0.3) is 0 Å². The van der Waals surface area contributed by atoms with Gasteiger partial charge in [-0.25, -0.2) is 0 Å². The van der Waals surface area contributed by atoms with Crippen molar-refractivity contribution in [1.82, 2.24) is 10.6 Å². The summed E-state index contributed by atoms with van der Waals surface area (Å²) >= 11 is 0. The van der Waals surface area contributed by atoms with Gasteiger partial charge < -0.3 is 15.4 Å². The molecule has 2 N–H and O–H groups in total. The second-order valence-electron chi connectivity index (χ2n) is 5.45.